The van der Waals surface area contributed by atoms with Crippen molar-refractivity contribution in [2.75, 3.05) is 6.54 Å². The zero-order valence-electron chi connectivity index (χ0n) is 13.1. The summed E-state index contributed by atoms with van der Waals surface area (Å²) in [7, 11) is 0. The van der Waals surface area contributed by atoms with E-state index in [4.69, 9.17) is 5.73 Å². The second-order valence-corrected chi connectivity index (χ2v) is 6.25. The highest BCUT2D eigenvalue weighted by Crippen LogP contribution is 2.30. The lowest BCUT2D eigenvalue weighted by Gasteiger charge is -2.27. The van der Waals surface area contributed by atoms with Gasteiger partial charge in [-0.15, -0.1) is 0 Å². The molecular weight excluding hydrogens is 260 g/mol. The van der Waals surface area contributed by atoms with E-state index in [1.165, 1.54) is 32.1 Å². The van der Waals surface area contributed by atoms with Crippen LogP contribution in [0, 0.1) is 11.8 Å². The maximum absolute atomic E-state index is 12.1. The Kier molecular flexibility index (Phi) is 6.24. The number of rotatable bonds is 6. The summed E-state index contributed by atoms with van der Waals surface area (Å²) < 4.78 is 0. The molecule has 0 atom stereocenters. The maximum atomic E-state index is 12.1. The SMILES string of the molecule is CCC1CCC(CNC(=O)Cc2ccccc2CN)CC1. The highest BCUT2D eigenvalue weighted by Gasteiger charge is 2.20. The van der Waals surface area contributed by atoms with Crippen molar-refractivity contribution < 1.29 is 4.79 Å². The molecule has 0 radical (unpaired) electrons. The minimum atomic E-state index is 0.119. The molecule has 3 heteroatoms. The van der Waals surface area contributed by atoms with Crippen molar-refractivity contribution in [3.63, 3.8) is 0 Å². The Morgan fingerprint density at radius 1 is 1.14 bits per heavy atom. The van der Waals surface area contributed by atoms with E-state index in [1.807, 2.05) is 24.3 Å². The lowest BCUT2D eigenvalue weighted by molar-refractivity contribution is -0.120. The molecule has 1 aliphatic carbocycles. The lowest BCUT2D eigenvalue weighted by atomic mass is 9.81. The number of hydrogen-bond donors (Lipinski definition) is 2. The molecule has 0 saturated heterocycles. The maximum Gasteiger partial charge on any atom is 0.224 e. The molecule has 116 valence electrons. The fourth-order valence-corrected chi connectivity index (χ4v) is 3.27. The minimum absolute atomic E-state index is 0.119. The lowest BCUT2D eigenvalue weighted by Crippen LogP contribution is -2.32. The second kappa shape index (κ2) is 8.18. The second-order valence-electron chi connectivity index (χ2n) is 6.25. The number of carbonyl (C=O) groups excluding carboxylic acids is 1. The van der Waals surface area contributed by atoms with Crippen molar-refractivity contribution >= 4 is 5.91 Å². The van der Waals surface area contributed by atoms with Crippen molar-refractivity contribution in [1.82, 2.24) is 5.32 Å². The van der Waals surface area contributed by atoms with Crippen molar-refractivity contribution in [2.24, 2.45) is 17.6 Å². The van der Waals surface area contributed by atoms with E-state index in [0.717, 1.165) is 23.6 Å². The monoisotopic (exact) mass is 288 g/mol. The van der Waals surface area contributed by atoms with Gasteiger partial charge in [0.05, 0.1) is 6.42 Å². The Hall–Kier alpha value is -1.35. The number of benzene rings is 1. The van der Waals surface area contributed by atoms with Crippen LogP contribution in [-0.4, -0.2) is 12.5 Å². The molecule has 0 bridgehead atoms. The van der Waals surface area contributed by atoms with Crippen LogP contribution in [0.15, 0.2) is 24.3 Å². The molecule has 3 nitrogen and oxygen atoms in total. The smallest absolute Gasteiger partial charge is 0.224 e. The Labute approximate surface area is 128 Å². The minimum Gasteiger partial charge on any atom is -0.356 e. The number of hydrogen-bond acceptors (Lipinski definition) is 2. The molecular formula is C18H28N2O. The fraction of sp³-hybridized carbons (Fsp3) is 0.611. The van der Waals surface area contributed by atoms with Crippen molar-refractivity contribution in [3.8, 4) is 0 Å². The third kappa shape index (κ3) is 4.85. The number of nitrogens with one attached hydrogen (secondary N) is 1. The highest BCUT2D eigenvalue weighted by atomic mass is 16.1. The summed E-state index contributed by atoms with van der Waals surface area (Å²) in [5.41, 5.74) is 7.83. The van der Waals surface area contributed by atoms with Crippen LogP contribution >= 0.6 is 0 Å². The van der Waals surface area contributed by atoms with Gasteiger partial charge in [-0.1, -0.05) is 50.5 Å². The van der Waals surface area contributed by atoms with Crippen LogP contribution < -0.4 is 11.1 Å². The van der Waals surface area contributed by atoms with Gasteiger partial charge in [-0.2, -0.15) is 0 Å². The topological polar surface area (TPSA) is 55.1 Å². The van der Waals surface area contributed by atoms with E-state index in [0.29, 0.717) is 18.9 Å². The summed E-state index contributed by atoms with van der Waals surface area (Å²) >= 11 is 0. The van der Waals surface area contributed by atoms with Gasteiger partial charge >= 0.3 is 0 Å². The standard InChI is InChI=1S/C18H28N2O/c1-2-14-7-9-15(10-8-14)13-20-18(21)11-16-5-3-4-6-17(16)12-19/h3-6,14-15H,2,7-13,19H2,1H3,(H,20,21). The molecule has 0 heterocycles. The summed E-state index contributed by atoms with van der Waals surface area (Å²) in [5.74, 6) is 1.70. The van der Waals surface area contributed by atoms with Crippen LogP contribution in [-0.2, 0) is 17.8 Å². The van der Waals surface area contributed by atoms with E-state index in [1.54, 1.807) is 0 Å². The average molecular weight is 288 g/mol. The van der Waals surface area contributed by atoms with Gasteiger partial charge in [0.1, 0.15) is 0 Å². The normalized spacial score (nSPS) is 22.0. The van der Waals surface area contributed by atoms with Gasteiger partial charge < -0.3 is 11.1 Å². The molecule has 0 unspecified atom stereocenters. The zero-order valence-corrected chi connectivity index (χ0v) is 13.1. The molecule has 0 aliphatic heterocycles. The van der Waals surface area contributed by atoms with Gasteiger partial charge in [0.15, 0.2) is 0 Å². The molecule has 1 aliphatic rings. The first-order valence-electron chi connectivity index (χ1n) is 8.26. The molecule has 1 amide bonds. The van der Waals surface area contributed by atoms with Crippen molar-refractivity contribution in [2.45, 2.75) is 52.0 Å². The Balaban J connectivity index is 1.75. The van der Waals surface area contributed by atoms with Gasteiger partial charge in [0, 0.05) is 13.1 Å². The number of carbonyl (C=O) groups is 1. The fourth-order valence-electron chi connectivity index (χ4n) is 3.27. The first-order chi connectivity index (χ1) is 10.2. The predicted molar refractivity (Wildman–Crippen MR) is 86.8 cm³/mol. The van der Waals surface area contributed by atoms with Crippen LogP contribution in [0.25, 0.3) is 0 Å². The van der Waals surface area contributed by atoms with Gasteiger partial charge in [0.25, 0.3) is 0 Å². The summed E-state index contributed by atoms with van der Waals surface area (Å²) in [6.45, 7) is 3.60. The van der Waals surface area contributed by atoms with Crippen LogP contribution in [0.5, 0.6) is 0 Å². The van der Waals surface area contributed by atoms with E-state index in [9.17, 15) is 4.79 Å². The van der Waals surface area contributed by atoms with E-state index >= 15 is 0 Å². The molecule has 1 saturated carbocycles. The van der Waals surface area contributed by atoms with Crippen LogP contribution in [0.4, 0.5) is 0 Å². The van der Waals surface area contributed by atoms with E-state index in [2.05, 4.69) is 12.2 Å². The summed E-state index contributed by atoms with van der Waals surface area (Å²) in [6, 6.07) is 7.92. The van der Waals surface area contributed by atoms with Gasteiger partial charge in [-0.25, -0.2) is 0 Å². The molecule has 0 aromatic heterocycles. The van der Waals surface area contributed by atoms with Crippen LogP contribution in [0.3, 0.4) is 0 Å². The molecule has 2 rings (SSSR count). The Bertz CT molecular complexity index is 450. The largest absolute Gasteiger partial charge is 0.356 e. The molecule has 0 spiro atoms. The molecule has 1 aromatic rings. The van der Waals surface area contributed by atoms with Crippen LogP contribution in [0.1, 0.15) is 50.2 Å². The summed E-state index contributed by atoms with van der Waals surface area (Å²) in [6.07, 6.45) is 6.92. The quantitative estimate of drug-likeness (QED) is 0.845. The van der Waals surface area contributed by atoms with E-state index in [-0.39, 0.29) is 5.91 Å². The third-order valence-electron chi connectivity index (χ3n) is 4.82. The van der Waals surface area contributed by atoms with Crippen molar-refractivity contribution in [3.05, 3.63) is 35.4 Å². The first-order valence-corrected chi connectivity index (χ1v) is 8.26. The zero-order chi connectivity index (χ0) is 15.1. The summed E-state index contributed by atoms with van der Waals surface area (Å²) in [5, 5.41) is 3.11. The molecule has 1 aromatic carbocycles. The number of nitrogens with two attached hydrogens (primary N) is 1. The van der Waals surface area contributed by atoms with E-state index < -0.39 is 0 Å². The molecule has 21 heavy (non-hydrogen) atoms. The van der Waals surface area contributed by atoms with Gasteiger partial charge in [-0.3, -0.25) is 4.79 Å². The van der Waals surface area contributed by atoms with Crippen LogP contribution in [0.2, 0.25) is 0 Å². The molecule has 1 fully saturated rings. The first kappa shape index (κ1) is 16.0. The van der Waals surface area contributed by atoms with Crippen molar-refractivity contribution in [1.29, 1.82) is 0 Å². The van der Waals surface area contributed by atoms with Gasteiger partial charge in [0.2, 0.25) is 5.91 Å². The number of amides is 1. The molecule has 3 N–H and O–H groups in total. The van der Waals surface area contributed by atoms with Gasteiger partial charge in [-0.05, 0) is 35.8 Å². The Morgan fingerprint density at radius 3 is 2.38 bits per heavy atom. The Morgan fingerprint density at radius 2 is 1.76 bits per heavy atom. The third-order valence-corrected chi connectivity index (χ3v) is 4.82. The predicted octanol–water partition coefficient (Wildman–Crippen LogP) is 3.02. The summed E-state index contributed by atoms with van der Waals surface area (Å²) in [4.78, 5) is 12.1. The highest BCUT2D eigenvalue weighted by molar-refractivity contribution is 5.78. The average Bonchev–Trinajstić information content (AvgIpc) is 2.54.